The summed E-state index contributed by atoms with van der Waals surface area (Å²) in [6, 6.07) is 5.01. The van der Waals surface area contributed by atoms with Gasteiger partial charge in [0, 0.05) is 33.1 Å². The maximum absolute atomic E-state index is 12.4. The fourth-order valence-corrected chi connectivity index (χ4v) is 2.44. The van der Waals surface area contributed by atoms with E-state index in [1.54, 1.807) is 35.1 Å². The number of ether oxygens (including phenoxy) is 1. The SMILES string of the molecule is COc1ccc(C(=O)N2CCN(C(C)=O)CC2)c(Cl)c1. The van der Waals surface area contributed by atoms with E-state index in [1.807, 2.05) is 0 Å². The monoisotopic (exact) mass is 296 g/mol. The van der Waals surface area contributed by atoms with E-state index in [0.29, 0.717) is 42.5 Å². The molecule has 1 heterocycles. The summed E-state index contributed by atoms with van der Waals surface area (Å²) in [7, 11) is 1.55. The molecular formula is C14H17ClN2O3. The van der Waals surface area contributed by atoms with Gasteiger partial charge < -0.3 is 14.5 Å². The van der Waals surface area contributed by atoms with Crippen molar-refractivity contribution in [2.45, 2.75) is 6.92 Å². The van der Waals surface area contributed by atoms with Crippen LogP contribution in [0, 0.1) is 0 Å². The predicted octanol–water partition coefficient (Wildman–Crippen LogP) is 1.65. The molecular weight excluding hydrogens is 280 g/mol. The summed E-state index contributed by atoms with van der Waals surface area (Å²) < 4.78 is 5.06. The second kappa shape index (κ2) is 6.13. The van der Waals surface area contributed by atoms with Crippen LogP contribution in [0.5, 0.6) is 5.75 Å². The molecule has 0 aromatic heterocycles. The number of methoxy groups -OCH3 is 1. The lowest BCUT2D eigenvalue weighted by Gasteiger charge is -2.34. The van der Waals surface area contributed by atoms with E-state index in [9.17, 15) is 9.59 Å². The largest absolute Gasteiger partial charge is 0.497 e. The van der Waals surface area contributed by atoms with Crippen molar-refractivity contribution in [1.82, 2.24) is 9.80 Å². The summed E-state index contributed by atoms with van der Waals surface area (Å²) in [5.74, 6) is 0.549. The number of halogens is 1. The van der Waals surface area contributed by atoms with Crippen LogP contribution in [0.15, 0.2) is 18.2 Å². The van der Waals surface area contributed by atoms with E-state index in [4.69, 9.17) is 16.3 Å². The highest BCUT2D eigenvalue weighted by atomic mass is 35.5. The third-order valence-corrected chi connectivity index (χ3v) is 3.73. The van der Waals surface area contributed by atoms with E-state index in [2.05, 4.69) is 0 Å². The molecule has 0 radical (unpaired) electrons. The van der Waals surface area contributed by atoms with Crippen LogP contribution in [-0.4, -0.2) is 54.9 Å². The van der Waals surface area contributed by atoms with Gasteiger partial charge in [-0.2, -0.15) is 0 Å². The molecule has 0 aliphatic carbocycles. The number of benzene rings is 1. The van der Waals surface area contributed by atoms with Crippen molar-refractivity contribution in [3.63, 3.8) is 0 Å². The lowest BCUT2D eigenvalue weighted by atomic mass is 10.1. The average molecular weight is 297 g/mol. The van der Waals surface area contributed by atoms with E-state index < -0.39 is 0 Å². The van der Waals surface area contributed by atoms with E-state index in [1.165, 1.54) is 6.92 Å². The predicted molar refractivity (Wildman–Crippen MR) is 76.2 cm³/mol. The highest BCUT2D eigenvalue weighted by molar-refractivity contribution is 6.34. The summed E-state index contributed by atoms with van der Waals surface area (Å²) in [6.07, 6.45) is 0. The van der Waals surface area contributed by atoms with Gasteiger partial charge in [-0.3, -0.25) is 9.59 Å². The first kappa shape index (κ1) is 14.7. The Bertz CT molecular complexity index is 525. The average Bonchev–Trinajstić information content (AvgIpc) is 2.46. The standard InChI is InChI=1S/C14H17ClN2O3/c1-10(18)16-5-7-17(8-6-16)14(19)12-4-3-11(20-2)9-13(12)15/h3-4,9H,5-8H2,1-2H3. The first-order valence-electron chi connectivity index (χ1n) is 6.41. The van der Waals surface area contributed by atoms with Gasteiger partial charge in [-0.25, -0.2) is 0 Å². The van der Waals surface area contributed by atoms with Gasteiger partial charge in [-0.15, -0.1) is 0 Å². The zero-order valence-electron chi connectivity index (χ0n) is 11.6. The molecule has 2 amide bonds. The molecule has 2 rings (SSSR count). The summed E-state index contributed by atoms with van der Waals surface area (Å²) >= 11 is 6.11. The number of carbonyl (C=O) groups is 2. The van der Waals surface area contributed by atoms with Gasteiger partial charge in [0.1, 0.15) is 5.75 Å². The quantitative estimate of drug-likeness (QED) is 0.834. The van der Waals surface area contributed by atoms with Gasteiger partial charge in [0.05, 0.1) is 17.7 Å². The molecule has 1 aliphatic heterocycles. The van der Waals surface area contributed by atoms with Gasteiger partial charge >= 0.3 is 0 Å². The third kappa shape index (κ3) is 3.04. The minimum absolute atomic E-state index is 0.0413. The Hall–Kier alpha value is -1.75. The fraction of sp³-hybridized carbons (Fsp3) is 0.429. The molecule has 0 atom stereocenters. The third-order valence-electron chi connectivity index (χ3n) is 3.42. The molecule has 5 nitrogen and oxygen atoms in total. The summed E-state index contributed by atoms with van der Waals surface area (Å²) in [5, 5.41) is 0.378. The van der Waals surface area contributed by atoms with E-state index >= 15 is 0 Å². The minimum atomic E-state index is -0.110. The lowest BCUT2D eigenvalue weighted by molar-refractivity contribution is -0.130. The zero-order chi connectivity index (χ0) is 14.7. The van der Waals surface area contributed by atoms with Crippen LogP contribution in [0.1, 0.15) is 17.3 Å². The molecule has 1 aromatic rings. The van der Waals surface area contributed by atoms with Crippen LogP contribution >= 0.6 is 11.6 Å². The maximum Gasteiger partial charge on any atom is 0.255 e. The molecule has 20 heavy (non-hydrogen) atoms. The van der Waals surface area contributed by atoms with Crippen LogP contribution in [0.3, 0.4) is 0 Å². The van der Waals surface area contributed by atoms with Crippen LogP contribution in [0.25, 0.3) is 0 Å². The fourth-order valence-electron chi connectivity index (χ4n) is 2.19. The molecule has 0 N–H and O–H groups in total. The van der Waals surface area contributed by atoms with Gasteiger partial charge in [0.15, 0.2) is 0 Å². The van der Waals surface area contributed by atoms with Crippen molar-refractivity contribution < 1.29 is 14.3 Å². The first-order chi connectivity index (χ1) is 9.52. The Morgan fingerprint density at radius 3 is 2.25 bits per heavy atom. The Morgan fingerprint density at radius 2 is 1.75 bits per heavy atom. The molecule has 0 unspecified atom stereocenters. The number of carbonyl (C=O) groups excluding carboxylic acids is 2. The Labute approximate surface area is 123 Å². The molecule has 1 fully saturated rings. The van der Waals surface area contributed by atoms with E-state index in [0.717, 1.165) is 0 Å². The molecule has 108 valence electrons. The topological polar surface area (TPSA) is 49.9 Å². The van der Waals surface area contributed by atoms with Crippen LogP contribution in [0.4, 0.5) is 0 Å². The zero-order valence-corrected chi connectivity index (χ0v) is 12.3. The normalized spacial score (nSPS) is 15.2. The molecule has 1 saturated heterocycles. The first-order valence-corrected chi connectivity index (χ1v) is 6.79. The summed E-state index contributed by atoms with van der Waals surface area (Å²) in [5.41, 5.74) is 0.462. The molecule has 0 spiro atoms. The highest BCUT2D eigenvalue weighted by Crippen LogP contribution is 2.24. The Balaban J connectivity index is 2.07. The minimum Gasteiger partial charge on any atom is -0.497 e. The molecule has 0 saturated carbocycles. The van der Waals surface area contributed by atoms with Crippen LogP contribution < -0.4 is 4.74 Å². The Morgan fingerprint density at radius 1 is 1.15 bits per heavy atom. The van der Waals surface area contributed by atoms with Gasteiger partial charge in [0.2, 0.25) is 5.91 Å². The molecule has 0 bridgehead atoms. The molecule has 1 aromatic carbocycles. The van der Waals surface area contributed by atoms with Crippen LogP contribution in [-0.2, 0) is 4.79 Å². The smallest absolute Gasteiger partial charge is 0.255 e. The van der Waals surface area contributed by atoms with Gasteiger partial charge in [0.25, 0.3) is 5.91 Å². The summed E-state index contributed by atoms with van der Waals surface area (Å²) in [6.45, 7) is 3.73. The number of piperazine rings is 1. The van der Waals surface area contributed by atoms with E-state index in [-0.39, 0.29) is 11.8 Å². The van der Waals surface area contributed by atoms with Crippen molar-refractivity contribution in [2.75, 3.05) is 33.3 Å². The van der Waals surface area contributed by atoms with Crippen molar-refractivity contribution >= 4 is 23.4 Å². The van der Waals surface area contributed by atoms with Crippen molar-refractivity contribution in [3.8, 4) is 5.75 Å². The van der Waals surface area contributed by atoms with Crippen molar-refractivity contribution in [2.24, 2.45) is 0 Å². The number of hydrogen-bond donors (Lipinski definition) is 0. The second-order valence-electron chi connectivity index (χ2n) is 4.64. The van der Waals surface area contributed by atoms with Crippen LogP contribution in [0.2, 0.25) is 5.02 Å². The number of rotatable bonds is 2. The second-order valence-corrected chi connectivity index (χ2v) is 5.05. The lowest BCUT2D eigenvalue weighted by Crippen LogP contribution is -2.50. The highest BCUT2D eigenvalue weighted by Gasteiger charge is 2.24. The van der Waals surface area contributed by atoms with Crippen molar-refractivity contribution in [3.05, 3.63) is 28.8 Å². The van der Waals surface area contributed by atoms with Gasteiger partial charge in [-0.05, 0) is 18.2 Å². The molecule has 1 aliphatic rings. The molecule has 6 heteroatoms. The number of nitrogens with zero attached hydrogens (tertiary/aromatic N) is 2. The summed E-state index contributed by atoms with van der Waals surface area (Å²) in [4.78, 5) is 27.1. The number of amides is 2. The number of hydrogen-bond acceptors (Lipinski definition) is 3. The van der Waals surface area contributed by atoms with Gasteiger partial charge in [-0.1, -0.05) is 11.6 Å². The Kier molecular flexibility index (Phi) is 4.49. The van der Waals surface area contributed by atoms with Crippen molar-refractivity contribution in [1.29, 1.82) is 0 Å². The maximum atomic E-state index is 12.4.